The maximum Gasteiger partial charge on any atom is 0.264 e. The molecule has 1 aliphatic rings. The van der Waals surface area contributed by atoms with Gasteiger partial charge in [0.1, 0.15) is 0 Å². The molecule has 33 heavy (non-hydrogen) atoms. The first kappa shape index (κ1) is 22.6. The van der Waals surface area contributed by atoms with E-state index in [1.165, 1.54) is 16.4 Å². The Balaban J connectivity index is 1.65. The Morgan fingerprint density at radius 3 is 2.21 bits per heavy atom. The molecule has 0 aromatic heterocycles. The Labute approximate surface area is 194 Å². The number of likely N-dealkylation sites (tertiary alicyclic amines) is 1. The van der Waals surface area contributed by atoms with Crippen molar-refractivity contribution in [3.05, 3.63) is 96.1 Å². The fraction of sp³-hybridized carbons (Fsp3) is 0.231. The molecule has 7 heteroatoms. The van der Waals surface area contributed by atoms with Crippen LogP contribution < -0.4 is 4.31 Å². The van der Waals surface area contributed by atoms with Crippen LogP contribution in [-0.2, 0) is 16.6 Å². The summed E-state index contributed by atoms with van der Waals surface area (Å²) in [6, 6.07) is 26.8. The average Bonchev–Trinajstić information content (AvgIpc) is 2.88. The number of carbonyl (C=O) groups is 1. The summed E-state index contributed by atoms with van der Waals surface area (Å²) < 4.78 is 28.8. The smallest absolute Gasteiger partial charge is 0.264 e. The maximum atomic E-state index is 13.7. The van der Waals surface area contributed by atoms with Gasteiger partial charge in [-0.2, -0.15) is 5.26 Å². The van der Waals surface area contributed by atoms with Crippen molar-refractivity contribution in [3.8, 4) is 6.07 Å². The number of anilines is 1. The first-order valence-corrected chi connectivity index (χ1v) is 12.3. The van der Waals surface area contributed by atoms with Gasteiger partial charge in [0, 0.05) is 24.6 Å². The highest BCUT2D eigenvalue weighted by molar-refractivity contribution is 7.92. The van der Waals surface area contributed by atoms with Gasteiger partial charge in [0.05, 0.1) is 23.2 Å². The number of rotatable bonds is 6. The molecule has 1 heterocycles. The van der Waals surface area contributed by atoms with Gasteiger partial charge in [-0.3, -0.25) is 9.10 Å². The summed E-state index contributed by atoms with van der Waals surface area (Å²) in [6.45, 7) is 1.17. The minimum absolute atomic E-state index is 0.0295. The molecule has 168 valence electrons. The fourth-order valence-corrected chi connectivity index (χ4v) is 5.47. The Bertz CT molecular complexity index is 1250. The molecule has 0 bridgehead atoms. The second-order valence-corrected chi connectivity index (χ2v) is 9.92. The lowest BCUT2D eigenvalue weighted by atomic mass is 9.98. The second kappa shape index (κ2) is 9.88. The lowest BCUT2D eigenvalue weighted by Gasteiger charge is -2.29. The predicted molar refractivity (Wildman–Crippen MR) is 127 cm³/mol. The molecule has 3 aromatic rings. The molecule has 0 radical (unpaired) electrons. The summed E-state index contributed by atoms with van der Waals surface area (Å²) in [5.74, 6) is -0.240. The number of sulfonamides is 1. The summed E-state index contributed by atoms with van der Waals surface area (Å²) in [7, 11) is -3.93. The summed E-state index contributed by atoms with van der Waals surface area (Å²) in [6.07, 6.45) is 1.28. The van der Waals surface area contributed by atoms with Gasteiger partial charge in [0.2, 0.25) is 0 Å². The van der Waals surface area contributed by atoms with Crippen LogP contribution in [0.3, 0.4) is 0 Å². The van der Waals surface area contributed by atoms with E-state index in [4.69, 9.17) is 5.26 Å². The van der Waals surface area contributed by atoms with Crippen molar-refractivity contribution >= 4 is 21.6 Å². The van der Waals surface area contributed by atoms with Crippen molar-refractivity contribution in [2.75, 3.05) is 17.4 Å². The molecule has 1 aliphatic heterocycles. The molecular weight excluding hydrogens is 434 g/mol. The van der Waals surface area contributed by atoms with E-state index in [-0.39, 0.29) is 23.3 Å². The molecule has 0 aliphatic carbocycles. The molecule has 0 unspecified atom stereocenters. The van der Waals surface area contributed by atoms with Crippen LogP contribution in [0.25, 0.3) is 0 Å². The quantitative estimate of drug-likeness (QED) is 0.545. The van der Waals surface area contributed by atoms with E-state index in [1.807, 2.05) is 36.4 Å². The first-order chi connectivity index (χ1) is 16.0. The Hall–Kier alpha value is -3.63. The third kappa shape index (κ3) is 5.07. The second-order valence-electron chi connectivity index (χ2n) is 8.06. The number of para-hydroxylation sites is 1. The molecule has 3 aromatic carbocycles. The van der Waals surface area contributed by atoms with Crippen molar-refractivity contribution in [3.63, 3.8) is 0 Å². The summed E-state index contributed by atoms with van der Waals surface area (Å²) in [5, 5.41) is 9.09. The van der Waals surface area contributed by atoms with Gasteiger partial charge < -0.3 is 4.90 Å². The zero-order valence-electron chi connectivity index (χ0n) is 18.2. The number of carbonyl (C=O) groups excluding carboxylic acids is 1. The SMILES string of the molecule is N#CC1CCN(C(=O)c2cccc(S(=O)(=O)N(Cc3ccccc3)c3ccccc3)c2)CC1. The van der Waals surface area contributed by atoms with Gasteiger partial charge in [0.15, 0.2) is 0 Å². The van der Waals surface area contributed by atoms with Gasteiger partial charge >= 0.3 is 0 Å². The van der Waals surface area contributed by atoms with Crippen molar-refractivity contribution in [1.82, 2.24) is 4.90 Å². The number of hydrogen-bond acceptors (Lipinski definition) is 4. The number of amides is 1. The number of benzene rings is 3. The van der Waals surface area contributed by atoms with Crippen LogP contribution in [0, 0.1) is 17.2 Å². The van der Waals surface area contributed by atoms with E-state index in [2.05, 4.69) is 6.07 Å². The Morgan fingerprint density at radius 1 is 0.939 bits per heavy atom. The highest BCUT2D eigenvalue weighted by Crippen LogP contribution is 2.27. The molecule has 0 atom stereocenters. The number of nitrogens with zero attached hydrogens (tertiary/aromatic N) is 3. The minimum Gasteiger partial charge on any atom is -0.339 e. The number of piperidine rings is 1. The van der Waals surface area contributed by atoms with Crippen LogP contribution in [0.15, 0.2) is 89.8 Å². The van der Waals surface area contributed by atoms with Crippen molar-refractivity contribution in [2.24, 2.45) is 5.92 Å². The predicted octanol–water partition coefficient (Wildman–Crippen LogP) is 4.46. The normalized spacial score (nSPS) is 14.5. The molecule has 0 saturated carbocycles. The van der Waals surface area contributed by atoms with Crippen LogP contribution in [0.1, 0.15) is 28.8 Å². The maximum absolute atomic E-state index is 13.7. The van der Waals surface area contributed by atoms with E-state index in [0.29, 0.717) is 37.2 Å². The molecule has 1 saturated heterocycles. The minimum atomic E-state index is -3.93. The van der Waals surface area contributed by atoms with Crippen LogP contribution in [0.5, 0.6) is 0 Å². The number of nitriles is 1. The highest BCUT2D eigenvalue weighted by Gasteiger charge is 2.28. The van der Waals surface area contributed by atoms with Crippen LogP contribution >= 0.6 is 0 Å². The Kier molecular flexibility index (Phi) is 6.76. The number of hydrogen-bond donors (Lipinski definition) is 0. The molecule has 1 amide bonds. The van der Waals surface area contributed by atoms with Crippen LogP contribution in [0.2, 0.25) is 0 Å². The molecule has 4 rings (SSSR count). The van der Waals surface area contributed by atoms with Gasteiger partial charge in [-0.1, -0.05) is 54.6 Å². The van der Waals surface area contributed by atoms with Gasteiger partial charge in [-0.05, 0) is 48.7 Å². The molecule has 0 spiro atoms. The summed E-state index contributed by atoms with van der Waals surface area (Å²) in [4.78, 5) is 14.8. The van der Waals surface area contributed by atoms with Gasteiger partial charge in [-0.25, -0.2) is 8.42 Å². The molecule has 0 N–H and O–H groups in total. The Morgan fingerprint density at radius 2 is 1.58 bits per heavy atom. The van der Waals surface area contributed by atoms with E-state index < -0.39 is 10.0 Å². The van der Waals surface area contributed by atoms with Crippen molar-refractivity contribution < 1.29 is 13.2 Å². The van der Waals surface area contributed by atoms with Crippen molar-refractivity contribution in [1.29, 1.82) is 5.26 Å². The molecule has 6 nitrogen and oxygen atoms in total. The zero-order chi connectivity index (χ0) is 23.3. The zero-order valence-corrected chi connectivity index (χ0v) is 19.0. The molecule has 1 fully saturated rings. The monoisotopic (exact) mass is 459 g/mol. The van der Waals surface area contributed by atoms with Crippen LogP contribution in [0.4, 0.5) is 5.69 Å². The molecular formula is C26H25N3O3S. The summed E-state index contributed by atoms with van der Waals surface area (Å²) in [5.41, 5.74) is 1.74. The highest BCUT2D eigenvalue weighted by atomic mass is 32.2. The third-order valence-electron chi connectivity index (χ3n) is 5.85. The van der Waals surface area contributed by atoms with Crippen LogP contribution in [-0.4, -0.2) is 32.3 Å². The average molecular weight is 460 g/mol. The standard InChI is InChI=1S/C26H25N3O3S/c27-19-21-14-16-28(17-15-21)26(30)23-10-7-13-25(18-23)33(31,32)29(24-11-5-2-6-12-24)20-22-8-3-1-4-9-22/h1-13,18,21H,14-17,20H2. The van der Waals surface area contributed by atoms with Gasteiger partial charge in [0.25, 0.3) is 15.9 Å². The topological polar surface area (TPSA) is 81.5 Å². The van der Waals surface area contributed by atoms with E-state index >= 15 is 0 Å². The lowest BCUT2D eigenvalue weighted by Crippen LogP contribution is -2.38. The first-order valence-electron chi connectivity index (χ1n) is 10.9. The van der Waals surface area contributed by atoms with Crippen molar-refractivity contribution in [2.45, 2.75) is 24.3 Å². The third-order valence-corrected chi connectivity index (χ3v) is 7.62. The van der Waals surface area contributed by atoms with E-state index in [9.17, 15) is 13.2 Å². The fourth-order valence-electron chi connectivity index (χ4n) is 3.97. The van der Waals surface area contributed by atoms with E-state index in [0.717, 1.165) is 5.56 Å². The van der Waals surface area contributed by atoms with Gasteiger partial charge in [-0.15, -0.1) is 0 Å². The largest absolute Gasteiger partial charge is 0.339 e. The lowest BCUT2D eigenvalue weighted by molar-refractivity contribution is 0.0707. The van der Waals surface area contributed by atoms with E-state index in [1.54, 1.807) is 41.3 Å². The summed E-state index contributed by atoms with van der Waals surface area (Å²) >= 11 is 0.